The van der Waals surface area contributed by atoms with Gasteiger partial charge in [-0.1, -0.05) is 6.07 Å². The van der Waals surface area contributed by atoms with Gasteiger partial charge in [0.15, 0.2) is 11.5 Å². The van der Waals surface area contributed by atoms with Crippen LogP contribution in [0.4, 0.5) is 4.79 Å². The molecule has 0 aliphatic rings. The third-order valence-electron chi connectivity index (χ3n) is 2.51. The Morgan fingerprint density at radius 1 is 1.29 bits per heavy atom. The molecule has 0 aliphatic carbocycles. The highest BCUT2D eigenvalue weighted by Crippen LogP contribution is 2.25. The lowest BCUT2D eigenvalue weighted by Crippen LogP contribution is -2.47. The second-order valence-electron chi connectivity index (χ2n) is 5.63. The molecule has 7 heteroatoms. The highest BCUT2D eigenvalue weighted by Gasteiger charge is 2.23. The van der Waals surface area contributed by atoms with Crippen molar-refractivity contribution in [3.8, 4) is 11.5 Å². The number of carbonyl (C=O) groups is 2. The van der Waals surface area contributed by atoms with Crippen LogP contribution in [0.2, 0.25) is 0 Å². The average molecular weight is 296 g/mol. The van der Waals surface area contributed by atoms with Crippen LogP contribution in [0.5, 0.6) is 11.5 Å². The van der Waals surface area contributed by atoms with Crippen molar-refractivity contribution in [2.75, 3.05) is 0 Å². The van der Waals surface area contributed by atoms with Crippen molar-refractivity contribution < 1.29 is 24.5 Å². The summed E-state index contributed by atoms with van der Waals surface area (Å²) in [5, 5.41) is 21.0. The second kappa shape index (κ2) is 6.34. The summed E-state index contributed by atoms with van der Waals surface area (Å²) in [6.07, 6.45) is -0.683. The number of rotatable bonds is 4. The predicted octanol–water partition coefficient (Wildman–Crippen LogP) is 1.02. The molecule has 1 atom stereocenters. The fourth-order valence-corrected chi connectivity index (χ4v) is 1.60. The number of phenolic OH excluding ortho intramolecular Hbond substituents is 2. The lowest BCUT2D eigenvalue weighted by Gasteiger charge is -2.22. The van der Waals surface area contributed by atoms with Crippen molar-refractivity contribution in [2.24, 2.45) is 5.73 Å². The molecule has 0 aliphatic heterocycles. The molecule has 0 aromatic heterocycles. The second-order valence-corrected chi connectivity index (χ2v) is 5.63. The summed E-state index contributed by atoms with van der Waals surface area (Å²) in [5.74, 6) is -1.31. The van der Waals surface area contributed by atoms with E-state index < -0.39 is 23.6 Å². The molecule has 0 fully saturated rings. The number of phenols is 2. The van der Waals surface area contributed by atoms with E-state index in [1.807, 2.05) is 0 Å². The highest BCUT2D eigenvalue weighted by molar-refractivity contribution is 5.84. The van der Waals surface area contributed by atoms with Crippen molar-refractivity contribution in [1.82, 2.24) is 5.32 Å². The van der Waals surface area contributed by atoms with Gasteiger partial charge < -0.3 is 26.0 Å². The lowest BCUT2D eigenvalue weighted by molar-refractivity contribution is -0.120. The number of amides is 2. The number of benzene rings is 1. The molecule has 0 saturated heterocycles. The molecule has 0 bridgehead atoms. The zero-order valence-corrected chi connectivity index (χ0v) is 12.2. The van der Waals surface area contributed by atoms with Crippen molar-refractivity contribution in [3.63, 3.8) is 0 Å². The Labute approximate surface area is 122 Å². The van der Waals surface area contributed by atoms with Gasteiger partial charge in [0.05, 0.1) is 0 Å². The van der Waals surface area contributed by atoms with Gasteiger partial charge >= 0.3 is 6.09 Å². The predicted molar refractivity (Wildman–Crippen MR) is 75.8 cm³/mol. The lowest BCUT2D eigenvalue weighted by atomic mass is 10.0. The van der Waals surface area contributed by atoms with Gasteiger partial charge in [0, 0.05) is 6.42 Å². The molecule has 0 saturated carbocycles. The van der Waals surface area contributed by atoms with E-state index in [0.717, 1.165) is 0 Å². The minimum Gasteiger partial charge on any atom is -0.504 e. The molecule has 1 aromatic carbocycles. The largest absolute Gasteiger partial charge is 0.504 e. The molecule has 0 heterocycles. The van der Waals surface area contributed by atoms with E-state index in [4.69, 9.17) is 10.5 Å². The van der Waals surface area contributed by atoms with E-state index in [9.17, 15) is 19.8 Å². The molecule has 1 unspecified atom stereocenters. The standard InChI is InChI=1S/C14H20N2O5/c1-14(2,3)21-13(20)16-9(12(15)19)6-8-4-5-10(17)11(18)7-8/h4-5,7,9,17-18H,6H2,1-3H3,(H2,15,19)(H,16,20). The van der Waals surface area contributed by atoms with Crippen LogP contribution in [-0.2, 0) is 16.0 Å². The van der Waals surface area contributed by atoms with Gasteiger partial charge in [0.25, 0.3) is 0 Å². The monoisotopic (exact) mass is 296 g/mol. The fourth-order valence-electron chi connectivity index (χ4n) is 1.60. The number of hydrogen-bond acceptors (Lipinski definition) is 5. The fraction of sp³-hybridized carbons (Fsp3) is 0.429. The molecule has 5 N–H and O–H groups in total. The highest BCUT2D eigenvalue weighted by atomic mass is 16.6. The van der Waals surface area contributed by atoms with Gasteiger partial charge in [-0.2, -0.15) is 0 Å². The minimum absolute atomic E-state index is 0.0718. The number of primary amides is 1. The van der Waals surface area contributed by atoms with Crippen LogP contribution in [0.3, 0.4) is 0 Å². The molecule has 2 amide bonds. The van der Waals surface area contributed by atoms with Crippen LogP contribution >= 0.6 is 0 Å². The number of carbonyl (C=O) groups excluding carboxylic acids is 2. The van der Waals surface area contributed by atoms with Crippen molar-refractivity contribution in [3.05, 3.63) is 23.8 Å². The molecular weight excluding hydrogens is 276 g/mol. The van der Waals surface area contributed by atoms with Gasteiger partial charge in [-0.25, -0.2) is 4.79 Å². The van der Waals surface area contributed by atoms with Gasteiger partial charge in [-0.3, -0.25) is 4.79 Å². The quantitative estimate of drug-likeness (QED) is 0.618. The van der Waals surface area contributed by atoms with E-state index in [1.165, 1.54) is 18.2 Å². The van der Waals surface area contributed by atoms with E-state index in [0.29, 0.717) is 5.56 Å². The number of hydrogen-bond donors (Lipinski definition) is 4. The zero-order chi connectivity index (χ0) is 16.2. The molecule has 0 spiro atoms. The average Bonchev–Trinajstić information content (AvgIpc) is 2.30. The van der Waals surface area contributed by atoms with Crippen LogP contribution in [0.15, 0.2) is 18.2 Å². The summed E-state index contributed by atoms with van der Waals surface area (Å²) in [6.45, 7) is 5.09. The minimum atomic E-state index is -0.983. The maximum Gasteiger partial charge on any atom is 0.408 e. The van der Waals surface area contributed by atoms with Crippen LogP contribution < -0.4 is 11.1 Å². The van der Waals surface area contributed by atoms with Gasteiger partial charge in [-0.15, -0.1) is 0 Å². The number of aromatic hydroxyl groups is 2. The number of ether oxygens (including phenoxy) is 1. The molecular formula is C14H20N2O5. The Bertz CT molecular complexity index is 537. The third-order valence-corrected chi connectivity index (χ3v) is 2.51. The van der Waals surface area contributed by atoms with E-state index in [2.05, 4.69) is 5.32 Å². The first-order valence-electron chi connectivity index (χ1n) is 6.38. The smallest absolute Gasteiger partial charge is 0.408 e. The van der Waals surface area contributed by atoms with E-state index in [-0.39, 0.29) is 17.9 Å². The maximum atomic E-state index is 11.7. The first-order valence-corrected chi connectivity index (χ1v) is 6.38. The Balaban J connectivity index is 2.76. The number of alkyl carbamates (subject to hydrolysis) is 1. The van der Waals surface area contributed by atoms with E-state index >= 15 is 0 Å². The van der Waals surface area contributed by atoms with Gasteiger partial charge in [-0.05, 0) is 38.5 Å². The summed E-state index contributed by atoms with van der Waals surface area (Å²) >= 11 is 0. The topological polar surface area (TPSA) is 122 Å². The van der Waals surface area contributed by atoms with Crippen LogP contribution in [0.25, 0.3) is 0 Å². The SMILES string of the molecule is CC(C)(C)OC(=O)NC(Cc1ccc(O)c(O)c1)C(N)=O. The van der Waals surface area contributed by atoms with Crippen molar-refractivity contribution in [1.29, 1.82) is 0 Å². The molecule has 1 rings (SSSR count). The van der Waals surface area contributed by atoms with Crippen LogP contribution in [0.1, 0.15) is 26.3 Å². The van der Waals surface area contributed by atoms with Gasteiger partial charge in [0.2, 0.25) is 5.91 Å². The molecule has 116 valence electrons. The molecule has 1 aromatic rings. The zero-order valence-electron chi connectivity index (χ0n) is 12.2. The molecule has 0 radical (unpaired) electrons. The van der Waals surface area contributed by atoms with Crippen molar-refractivity contribution in [2.45, 2.75) is 38.8 Å². The normalized spacial score (nSPS) is 12.5. The van der Waals surface area contributed by atoms with Crippen LogP contribution in [-0.4, -0.2) is 33.9 Å². The molecule has 7 nitrogen and oxygen atoms in total. The summed E-state index contributed by atoms with van der Waals surface area (Å²) < 4.78 is 5.05. The Kier molecular flexibility index (Phi) is 5.02. The summed E-state index contributed by atoms with van der Waals surface area (Å²) in [4.78, 5) is 23.1. The first-order chi connectivity index (χ1) is 9.58. The summed E-state index contributed by atoms with van der Waals surface area (Å²) in [6, 6.07) is 3.11. The first kappa shape index (κ1) is 16.6. The number of nitrogens with two attached hydrogens (primary N) is 1. The third kappa shape index (κ3) is 5.60. The Morgan fingerprint density at radius 3 is 2.38 bits per heavy atom. The van der Waals surface area contributed by atoms with E-state index in [1.54, 1.807) is 20.8 Å². The van der Waals surface area contributed by atoms with Crippen molar-refractivity contribution >= 4 is 12.0 Å². The Hall–Kier alpha value is -2.44. The van der Waals surface area contributed by atoms with Gasteiger partial charge in [0.1, 0.15) is 11.6 Å². The maximum absolute atomic E-state index is 11.7. The summed E-state index contributed by atoms with van der Waals surface area (Å²) in [5.41, 5.74) is 5.08. The van der Waals surface area contributed by atoms with Crippen LogP contribution in [0, 0.1) is 0 Å². The molecule has 21 heavy (non-hydrogen) atoms. The number of nitrogens with one attached hydrogen (secondary N) is 1. The summed E-state index contributed by atoms with van der Waals surface area (Å²) in [7, 11) is 0. The Morgan fingerprint density at radius 2 is 1.90 bits per heavy atom.